The van der Waals surface area contributed by atoms with Gasteiger partial charge in [-0.2, -0.15) is 0 Å². The molecule has 0 radical (unpaired) electrons. The Morgan fingerprint density at radius 2 is 1.95 bits per heavy atom. The summed E-state index contributed by atoms with van der Waals surface area (Å²) in [5, 5.41) is 3.24. The van der Waals surface area contributed by atoms with E-state index >= 15 is 0 Å². The second-order valence-electron chi connectivity index (χ2n) is 4.28. The number of hydrogen-bond donors (Lipinski definition) is 1. The third kappa shape index (κ3) is 3.54. The van der Waals surface area contributed by atoms with E-state index in [0.29, 0.717) is 11.6 Å². The van der Waals surface area contributed by atoms with Crippen molar-refractivity contribution >= 4 is 29.3 Å². The van der Waals surface area contributed by atoms with Gasteiger partial charge in [-0.3, -0.25) is 19.3 Å². The van der Waals surface area contributed by atoms with E-state index in [-0.39, 0.29) is 37.1 Å². The molecule has 0 aliphatic carbocycles. The van der Waals surface area contributed by atoms with Gasteiger partial charge in [-0.25, -0.2) is 0 Å². The number of carbonyl (C=O) groups excluding carboxylic acids is 3. The highest BCUT2D eigenvalue weighted by atomic mass is 35.5. The number of benzene rings is 1. The lowest BCUT2D eigenvalue weighted by Crippen LogP contribution is -2.39. The minimum absolute atomic E-state index is 0.195. The first-order valence-electron chi connectivity index (χ1n) is 5.90. The molecular formula is C13H13ClN2O3. The first-order valence-corrected chi connectivity index (χ1v) is 6.28. The Balaban J connectivity index is 1.85. The molecule has 1 fully saturated rings. The molecule has 1 aliphatic heterocycles. The Hall–Kier alpha value is -1.88. The highest BCUT2D eigenvalue weighted by molar-refractivity contribution is 6.30. The van der Waals surface area contributed by atoms with Gasteiger partial charge in [-0.05, 0) is 17.7 Å². The van der Waals surface area contributed by atoms with E-state index in [2.05, 4.69) is 5.32 Å². The van der Waals surface area contributed by atoms with E-state index in [0.717, 1.165) is 10.5 Å². The highest BCUT2D eigenvalue weighted by Gasteiger charge is 2.30. The zero-order valence-electron chi connectivity index (χ0n) is 10.2. The molecule has 2 rings (SSSR count). The lowest BCUT2D eigenvalue weighted by atomic mass is 10.2. The third-order valence-electron chi connectivity index (χ3n) is 2.84. The second-order valence-corrected chi connectivity index (χ2v) is 4.72. The maximum absolute atomic E-state index is 11.7. The number of nitrogens with one attached hydrogen (secondary N) is 1. The predicted molar refractivity (Wildman–Crippen MR) is 69.3 cm³/mol. The third-order valence-corrected chi connectivity index (χ3v) is 3.07. The number of rotatable bonds is 4. The summed E-state index contributed by atoms with van der Waals surface area (Å²) in [7, 11) is 0. The Kier molecular flexibility index (Phi) is 4.16. The summed E-state index contributed by atoms with van der Waals surface area (Å²) in [4.78, 5) is 35.3. The van der Waals surface area contributed by atoms with Crippen molar-refractivity contribution in [1.29, 1.82) is 0 Å². The van der Waals surface area contributed by atoms with Crippen molar-refractivity contribution in [3.63, 3.8) is 0 Å². The van der Waals surface area contributed by atoms with Crippen LogP contribution in [0, 0.1) is 0 Å². The number of carbonyl (C=O) groups is 3. The van der Waals surface area contributed by atoms with Gasteiger partial charge in [0, 0.05) is 24.4 Å². The van der Waals surface area contributed by atoms with Crippen LogP contribution in [-0.4, -0.2) is 29.2 Å². The lowest BCUT2D eigenvalue weighted by Gasteiger charge is -2.13. The van der Waals surface area contributed by atoms with Crippen molar-refractivity contribution in [3.8, 4) is 0 Å². The Morgan fingerprint density at radius 3 is 2.58 bits per heavy atom. The van der Waals surface area contributed by atoms with Gasteiger partial charge in [-0.1, -0.05) is 23.7 Å². The van der Waals surface area contributed by atoms with Gasteiger partial charge in [0.25, 0.3) is 0 Å². The molecule has 0 bridgehead atoms. The Labute approximate surface area is 115 Å². The van der Waals surface area contributed by atoms with E-state index in [9.17, 15) is 14.4 Å². The smallest absolute Gasteiger partial charge is 0.240 e. The Bertz CT molecular complexity index is 514. The molecule has 1 aromatic carbocycles. The molecule has 0 aromatic heterocycles. The molecule has 19 heavy (non-hydrogen) atoms. The minimum atomic E-state index is -0.358. The van der Waals surface area contributed by atoms with E-state index in [1.807, 2.05) is 6.07 Å². The standard InChI is InChI=1S/C13H13ClN2O3/c14-10-3-1-2-9(6-10)7-15-11(17)8-16-12(18)4-5-13(16)19/h1-3,6H,4-5,7-8H2,(H,15,17). The van der Waals surface area contributed by atoms with Crippen molar-refractivity contribution in [2.24, 2.45) is 0 Å². The summed E-state index contributed by atoms with van der Waals surface area (Å²) >= 11 is 5.83. The zero-order chi connectivity index (χ0) is 13.8. The molecule has 100 valence electrons. The predicted octanol–water partition coefficient (Wildman–Crippen LogP) is 1.11. The average molecular weight is 281 g/mol. The summed E-state index contributed by atoms with van der Waals surface area (Å²) in [6.07, 6.45) is 0.390. The van der Waals surface area contributed by atoms with Crippen molar-refractivity contribution in [2.75, 3.05) is 6.54 Å². The number of halogens is 1. The van der Waals surface area contributed by atoms with Crippen LogP contribution in [0.1, 0.15) is 18.4 Å². The van der Waals surface area contributed by atoms with Crippen molar-refractivity contribution < 1.29 is 14.4 Å². The fourth-order valence-electron chi connectivity index (χ4n) is 1.85. The number of hydrogen-bond acceptors (Lipinski definition) is 3. The molecule has 1 aromatic rings. The normalized spacial score (nSPS) is 14.9. The molecule has 5 nitrogen and oxygen atoms in total. The van der Waals surface area contributed by atoms with Crippen molar-refractivity contribution in [2.45, 2.75) is 19.4 Å². The minimum Gasteiger partial charge on any atom is -0.350 e. The van der Waals surface area contributed by atoms with Crippen molar-refractivity contribution in [1.82, 2.24) is 10.2 Å². The van der Waals surface area contributed by atoms with Crippen LogP contribution in [0.4, 0.5) is 0 Å². The van der Waals surface area contributed by atoms with E-state index in [1.165, 1.54) is 0 Å². The molecule has 1 saturated heterocycles. The molecule has 0 spiro atoms. The van der Waals surface area contributed by atoms with Gasteiger partial charge in [0.1, 0.15) is 6.54 Å². The van der Waals surface area contributed by atoms with Crippen LogP contribution in [0.15, 0.2) is 24.3 Å². The van der Waals surface area contributed by atoms with Crippen LogP contribution < -0.4 is 5.32 Å². The molecule has 3 amide bonds. The number of likely N-dealkylation sites (tertiary alicyclic amines) is 1. The van der Waals surface area contributed by atoms with E-state index in [4.69, 9.17) is 11.6 Å². The summed E-state index contributed by atoms with van der Waals surface area (Å²) in [5.74, 6) is -0.936. The molecule has 0 saturated carbocycles. The van der Waals surface area contributed by atoms with Crippen LogP contribution in [-0.2, 0) is 20.9 Å². The first-order chi connectivity index (χ1) is 9.06. The molecule has 1 N–H and O–H groups in total. The summed E-state index contributed by atoms with van der Waals surface area (Å²) in [5.41, 5.74) is 0.861. The summed E-state index contributed by atoms with van der Waals surface area (Å²) < 4.78 is 0. The van der Waals surface area contributed by atoms with Gasteiger partial charge in [0.05, 0.1) is 0 Å². The summed E-state index contributed by atoms with van der Waals surface area (Å²) in [6.45, 7) is 0.105. The van der Waals surface area contributed by atoms with E-state index in [1.54, 1.807) is 18.2 Å². The lowest BCUT2D eigenvalue weighted by molar-refractivity contribution is -0.142. The molecule has 6 heteroatoms. The monoisotopic (exact) mass is 280 g/mol. The van der Waals surface area contributed by atoms with E-state index < -0.39 is 0 Å². The van der Waals surface area contributed by atoms with Gasteiger partial charge < -0.3 is 5.32 Å². The first kappa shape index (κ1) is 13.5. The second kappa shape index (κ2) is 5.84. The average Bonchev–Trinajstić information content (AvgIpc) is 2.68. The van der Waals surface area contributed by atoms with Crippen LogP contribution in [0.25, 0.3) is 0 Å². The van der Waals surface area contributed by atoms with Gasteiger partial charge in [-0.15, -0.1) is 0 Å². The summed E-state index contributed by atoms with van der Waals surface area (Å²) in [6, 6.07) is 7.11. The fourth-order valence-corrected chi connectivity index (χ4v) is 2.06. The van der Waals surface area contributed by atoms with Gasteiger partial charge in [0.2, 0.25) is 17.7 Å². The number of amides is 3. The highest BCUT2D eigenvalue weighted by Crippen LogP contribution is 2.12. The van der Waals surface area contributed by atoms with Gasteiger partial charge in [0.15, 0.2) is 0 Å². The van der Waals surface area contributed by atoms with Crippen LogP contribution in [0.3, 0.4) is 0 Å². The van der Waals surface area contributed by atoms with Gasteiger partial charge >= 0.3 is 0 Å². The largest absolute Gasteiger partial charge is 0.350 e. The number of nitrogens with zero attached hydrogens (tertiary/aromatic N) is 1. The molecule has 0 unspecified atom stereocenters. The quantitative estimate of drug-likeness (QED) is 0.840. The molecule has 1 aliphatic rings. The SMILES string of the molecule is O=C(CN1C(=O)CCC1=O)NCc1cccc(Cl)c1. The topological polar surface area (TPSA) is 66.5 Å². The number of imide groups is 1. The van der Waals surface area contributed by atoms with Crippen molar-refractivity contribution in [3.05, 3.63) is 34.9 Å². The maximum Gasteiger partial charge on any atom is 0.240 e. The van der Waals surface area contributed by atoms with Crippen LogP contribution >= 0.6 is 11.6 Å². The maximum atomic E-state index is 11.7. The zero-order valence-corrected chi connectivity index (χ0v) is 10.9. The molecular weight excluding hydrogens is 268 g/mol. The Morgan fingerprint density at radius 1 is 1.26 bits per heavy atom. The van der Waals surface area contributed by atoms with Crippen LogP contribution in [0.5, 0.6) is 0 Å². The van der Waals surface area contributed by atoms with Crippen LogP contribution in [0.2, 0.25) is 5.02 Å². The molecule has 1 heterocycles. The fraction of sp³-hybridized carbons (Fsp3) is 0.308. The molecule has 0 atom stereocenters.